The molecule has 0 unspecified atom stereocenters. The number of hydrogen-bond acceptors (Lipinski definition) is 5. The zero-order chi connectivity index (χ0) is 24.4. The minimum atomic E-state index is -0.959. The summed E-state index contributed by atoms with van der Waals surface area (Å²) < 4.78 is 13.8. The van der Waals surface area contributed by atoms with Crippen molar-refractivity contribution in [1.82, 2.24) is 4.57 Å². The van der Waals surface area contributed by atoms with E-state index in [1.807, 2.05) is 59.4 Å². The zero-order valence-electron chi connectivity index (χ0n) is 19.1. The van der Waals surface area contributed by atoms with E-state index in [1.54, 1.807) is 36.4 Å². The molecule has 2 heterocycles. The molecule has 176 valence electrons. The number of nitrogens with zero attached hydrogens (tertiary/aromatic N) is 2. The van der Waals surface area contributed by atoms with Crippen molar-refractivity contribution >= 4 is 17.4 Å². The summed E-state index contributed by atoms with van der Waals surface area (Å²) in [5.74, 6) is 1.01. The minimum Gasteiger partial charge on any atom is -0.487 e. The summed E-state index contributed by atoms with van der Waals surface area (Å²) in [5, 5.41) is 9.68. The maximum atomic E-state index is 11.8. The van der Waals surface area contributed by atoms with E-state index < -0.39 is 5.97 Å². The van der Waals surface area contributed by atoms with E-state index in [1.165, 1.54) is 6.92 Å². The second-order valence-corrected chi connectivity index (χ2v) is 8.37. The third-order valence-electron chi connectivity index (χ3n) is 5.90. The molecule has 0 atom stereocenters. The summed E-state index contributed by atoms with van der Waals surface area (Å²) in [6, 6.07) is 23.5. The van der Waals surface area contributed by atoms with Gasteiger partial charge in [0.15, 0.2) is 5.78 Å². The molecule has 35 heavy (non-hydrogen) atoms. The third-order valence-corrected chi connectivity index (χ3v) is 5.90. The molecule has 0 saturated carbocycles. The van der Waals surface area contributed by atoms with Crippen LogP contribution in [0.1, 0.15) is 27.6 Å². The highest BCUT2D eigenvalue weighted by Crippen LogP contribution is 2.33. The Morgan fingerprint density at radius 2 is 1.54 bits per heavy atom. The van der Waals surface area contributed by atoms with Gasteiger partial charge in [-0.2, -0.15) is 0 Å². The summed E-state index contributed by atoms with van der Waals surface area (Å²) in [6.45, 7) is 2.82. The normalized spacial score (nSPS) is 13.2. The van der Waals surface area contributed by atoms with Crippen LogP contribution in [0.15, 0.2) is 91.3 Å². The maximum absolute atomic E-state index is 11.8. The van der Waals surface area contributed by atoms with Crippen molar-refractivity contribution in [3.8, 4) is 22.9 Å². The van der Waals surface area contributed by atoms with E-state index in [4.69, 9.17) is 9.47 Å². The number of carbonyl (C=O) groups is 2. The van der Waals surface area contributed by atoms with Crippen LogP contribution in [0.5, 0.6) is 17.2 Å². The number of aromatic nitrogens is 1. The number of carboxylic acids is 1. The maximum Gasteiger partial charge on any atom is 0.337 e. The highest BCUT2D eigenvalue weighted by Gasteiger charge is 2.31. The molecule has 1 aromatic heterocycles. The molecule has 5 rings (SSSR count). The van der Waals surface area contributed by atoms with E-state index >= 15 is 0 Å². The largest absolute Gasteiger partial charge is 0.487 e. The van der Waals surface area contributed by atoms with Gasteiger partial charge >= 0.3 is 5.97 Å². The molecule has 0 radical (unpaired) electrons. The Bertz CT molecular complexity index is 1360. The monoisotopic (exact) mass is 468 g/mol. The first-order valence-corrected chi connectivity index (χ1v) is 11.3. The van der Waals surface area contributed by atoms with Crippen molar-refractivity contribution in [2.24, 2.45) is 0 Å². The number of ether oxygens (including phenoxy) is 2. The Hall–Kier alpha value is -4.52. The Morgan fingerprint density at radius 3 is 2.23 bits per heavy atom. The molecular formula is C28H24N2O5. The van der Waals surface area contributed by atoms with Crippen LogP contribution in [0.25, 0.3) is 5.69 Å². The van der Waals surface area contributed by atoms with E-state index in [-0.39, 0.29) is 17.5 Å². The molecule has 0 amide bonds. The molecule has 3 aromatic carbocycles. The lowest BCUT2D eigenvalue weighted by atomic mass is 10.1. The molecule has 7 nitrogen and oxygen atoms in total. The van der Waals surface area contributed by atoms with Gasteiger partial charge in [0.25, 0.3) is 0 Å². The molecule has 7 heteroatoms. The van der Waals surface area contributed by atoms with Crippen molar-refractivity contribution in [2.75, 3.05) is 18.0 Å². The van der Waals surface area contributed by atoms with Crippen molar-refractivity contribution < 1.29 is 24.2 Å². The molecule has 0 spiro atoms. The second kappa shape index (κ2) is 9.38. The van der Waals surface area contributed by atoms with Crippen LogP contribution in [-0.4, -0.2) is 40.6 Å². The predicted molar refractivity (Wildman–Crippen MR) is 132 cm³/mol. The number of carboxylic acid groups (broad SMARTS) is 1. The SMILES string of the molecule is CC(=O)c1cccc(Oc2ccc(OC3CN(c4cccc(C(=O)O)c4-n4cccc4)C3)cc2)c1. The number of ketones is 1. The minimum absolute atomic E-state index is 0.0103. The first kappa shape index (κ1) is 22.3. The smallest absolute Gasteiger partial charge is 0.337 e. The van der Waals surface area contributed by atoms with E-state index in [0.29, 0.717) is 35.8 Å². The Labute approximate surface area is 202 Å². The van der Waals surface area contributed by atoms with Crippen LogP contribution >= 0.6 is 0 Å². The zero-order valence-corrected chi connectivity index (χ0v) is 19.1. The van der Waals surface area contributed by atoms with E-state index in [0.717, 1.165) is 11.4 Å². The van der Waals surface area contributed by atoms with Gasteiger partial charge in [-0.15, -0.1) is 0 Å². The number of benzene rings is 3. The summed E-state index contributed by atoms with van der Waals surface area (Å²) in [7, 11) is 0. The number of Topliss-reactive ketones (excluding diaryl/α,β-unsaturated/α-hetero) is 1. The standard InChI is InChI=1S/C28H24N2O5/c1-19(31)20-6-4-7-23(16-20)34-21-10-12-22(13-11-21)35-24-17-30(18-24)26-9-5-8-25(28(32)33)27(26)29-14-2-3-15-29/h2-16,24H,17-18H2,1H3,(H,32,33). The molecule has 1 fully saturated rings. The summed E-state index contributed by atoms with van der Waals surface area (Å²) >= 11 is 0. The third kappa shape index (κ3) is 4.75. The molecule has 1 N–H and O–H groups in total. The Balaban J connectivity index is 1.23. The lowest BCUT2D eigenvalue weighted by Crippen LogP contribution is -2.54. The fraction of sp³-hybridized carbons (Fsp3) is 0.143. The highest BCUT2D eigenvalue weighted by molar-refractivity contribution is 5.95. The lowest BCUT2D eigenvalue weighted by molar-refractivity contribution is 0.0696. The molecular weight excluding hydrogens is 444 g/mol. The number of anilines is 1. The second-order valence-electron chi connectivity index (χ2n) is 8.37. The van der Waals surface area contributed by atoms with Crippen molar-refractivity contribution in [2.45, 2.75) is 13.0 Å². The molecule has 1 aliphatic heterocycles. The van der Waals surface area contributed by atoms with Crippen molar-refractivity contribution in [1.29, 1.82) is 0 Å². The van der Waals surface area contributed by atoms with Gasteiger partial charge in [-0.1, -0.05) is 18.2 Å². The fourth-order valence-corrected chi connectivity index (χ4v) is 4.12. The topological polar surface area (TPSA) is 81.0 Å². The van der Waals surface area contributed by atoms with Gasteiger partial charge in [0.2, 0.25) is 0 Å². The van der Waals surface area contributed by atoms with Gasteiger partial charge in [0.05, 0.1) is 30.0 Å². The molecule has 1 saturated heterocycles. The van der Waals surface area contributed by atoms with Crippen LogP contribution < -0.4 is 14.4 Å². The van der Waals surface area contributed by atoms with E-state index in [9.17, 15) is 14.7 Å². The van der Waals surface area contributed by atoms with E-state index in [2.05, 4.69) is 4.90 Å². The van der Waals surface area contributed by atoms with Crippen LogP contribution in [-0.2, 0) is 0 Å². The Kier molecular flexibility index (Phi) is 5.97. The number of para-hydroxylation sites is 1. The van der Waals surface area contributed by atoms with Crippen molar-refractivity contribution in [3.63, 3.8) is 0 Å². The summed E-state index contributed by atoms with van der Waals surface area (Å²) in [6.07, 6.45) is 3.68. The van der Waals surface area contributed by atoms with Gasteiger partial charge < -0.3 is 24.0 Å². The number of hydrogen-bond donors (Lipinski definition) is 1. The van der Waals surface area contributed by atoms with Crippen LogP contribution in [0.4, 0.5) is 5.69 Å². The van der Waals surface area contributed by atoms with Gasteiger partial charge in [0.1, 0.15) is 23.4 Å². The highest BCUT2D eigenvalue weighted by atomic mass is 16.5. The van der Waals surface area contributed by atoms with Crippen molar-refractivity contribution in [3.05, 3.63) is 102 Å². The predicted octanol–water partition coefficient (Wildman–Crippen LogP) is 5.44. The average Bonchev–Trinajstić information content (AvgIpc) is 3.36. The Morgan fingerprint density at radius 1 is 0.857 bits per heavy atom. The van der Waals surface area contributed by atoms with Gasteiger partial charge in [0, 0.05) is 18.0 Å². The molecule has 0 bridgehead atoms. The number of aromatic carboxylic acids is 1. The number of carbonyl (C=O) groups excluding carboxylic acids is 1. The van der Waals surface area contributed by atoms with Crippen LogP contribution in [0, 0.1) is 0 Å². The lowest BCUT2D eigenvalue weighted by Gasteiger charge is -2.41. The van der Waals surface area contributed by atoms with Crippen LogP contribution in [0.2, 0.25) is 0 Å². The number of rotatable bonds is 8. The van der Waals surface area contributed by atoms with Gasteiger partial charge in [-0.25, -0.2) is 4.79 Å². The summed E-state index contributed by atoms with van der Waals surface area (Å²) in [5.41, 5.74) is 2.37. The van der Waals surface area contributed by atoms with Gasteiger partial charge in [-0.3, -0.25) is 4.79 Å². The van der Waals surface area contributed by atoms with Gasteiger partial charge in [-0.05, 0) is 67.6 Å². The quantitative estimate of drug-likeness (QED) is 0.347. The van der Waals surface area contributed by atoms with Crippen LogP contribution in [0.3, 0.4) is 0 Å². The molecule has 4 aromatic rings. The average molecular weight is 469 g/mol. The molecule has 1 aliphatic rings. The first-order valence-electron chi connectivity index (χ1n) is 11.3. The summed E-state index contributed by atoms with van der Waals surface area (Å²) in [4.78, 5) is 25.5. The first-order chi connectivity index (χ1) is 17.0. The fourth-order valence-electron chi connectivity index (χ4n) is 4.12. The molecule has 0 aliphatic carbocycles.